The molecule has 6 nitrogen and oxygen atoms in total. The molecule has 1 saturated heterocycles. The fourth-order valence-corrected chi connectivity index (χ4v) is 2.57. The van der Waals surface area contributed by atoms with Crippen LogP contribution in [-0.2, 0) is 4.74 Å². The second-order valence-electron chi connectivity index (χ2n) is 5.13. The lowest BCUT2D eigenvalue weighted by atomic mass is 10.3. The maximum absolute atomic E-state index is 5.50. The largest absolute Gasteiger partial charge is 0.493 e. The molecule has 0 aromatic heterocycles. The first kappa shape index (κ1) is 17.8. The number of hydrogen-bond acceptors (Lipinski definition) is 5. The van der Waals surface area contributed by atoms with Crippen LogP contribution in [-0.4, -0.2) is 63.1 Å². The Bertz CT molecular complexity index is 507. The number of anilines is 1. The molecular formula is C16H25N3O3S. The van der Waals surface area contributed by atoms with Crippen LogP contribution >= 0.6 is 12.2 Å². The van der Waals surface area contributed by atoms with E-state index in [1.54, 1.807) is 7.11 Å². The van der Waals surface area contributed by atoms with Crippen LogP contribution in [0, 0.1) is 0 Å². The smallest absolute Gasteiger partial charge is 0.170 e. The molecule has 7 heteroatoms. The van der Waals surface area contributed by atoms with Crippen LogP contribution in [0.25, 0.3) is 0 Å². The molecule has 1 aromatic rings. The van der Waals surface area contributed by atoms with Crippen molar-refractivity contribution in [3.05, 3.63) is 18.2 Å². The number of rotatable bonds is 7. The van der Waals surface area contributed by atoms with Gasteiger partial charge in [0.05, 0.1) is 26.9 Å². The maximum atomic E-state index is 5.50. The van der Waals surface area contributed by atoms with Crippen LogP contribution in [0.1, 0.15) is 6.92 Å². The normalized spacial score (nSPS) is 15.0. The molecule has 0 amide bonds. The number of benzene rings is 1. The molecular weight excluding hydrogens is 314 g/mol. The molecule has 128 valence electrons. The lowest BCUT2D eigenvalue weighted by Gasteiger charge is -2.26. The number of nitrogens with one attached hydrogen (secondary N) is 2. The van der Waals surface area contributed by atoms with Crippen LogP contribution in [0.5, 0.6) is 11.5 Å². The minimum Gasteiger partial charge on any atom is -0.493 e. The van der Waals surface area contributed by atoms with Crippen molar-refractivity contribution in [1.29, 1.82) is 0 Å². The summed E-state index contributed by atoms with van der Waals surface area (Å²) in [6.45, 7) is 7.90. The van der Waals surface area contributed by atoms with Crippen molar-refractivity contribution in [2.45, 2.75) is 6.92 Å². The lowest BCUT2D eigenvalue weighted by Crippen LogP contribution is -2.42. The average molecular weight is 339 g/mol. The predicted molar refractivity (Wildman–Crippen MR) is 95.6 cm³/mol. The summed E-state index contributed by atoms with van der Waals surface area (Å²) in [4.78, 5) is 2.36. The van der Waals surface area contributed by atoms with Crippen molar-refractivity contribution in [2.75, 3.05) is 58.4 Å². The van der Waals surface area contributed by atoms with E-state index in [9.17, 15) is 0 Å². The van der Waals surface area contributed by atoms with Gasteiger partial charge in [0, 0.05) is 37.9 Å². The first-order valence-electron chi connectivity index (χ1n) is 7.88. The summed E-state index contributed by atoms with van der Waals surface area (Å²) in [5.41, 5.74) is 0.870. The first-order chi connectivity index (χ1) is 11.2. The first-order valence-corrected chi connectivity index (χ1v) is 8.29. The van der Waals surface area contributed by atoms with Crippen molar-refractivity contribution < 1.29 is 14.2 Å². The standard InChI is InChI=1S/C16H25N3O3S/c1-3-22-14-5-4-13(12-15(14)20-2)18-16(23)17-6-7-19-8-10-21-11-9-19/h4-5,12H,3,6-11H2,1-2H3,(H2,17,18,23). The van der Waals surface area contributed by atoms with Gasteiger partial charge in [-0.25, -0.2) is 0 Å². The Morgan fingerprint density at radius 1 is 1.30 bits per heavy atom. The molecule has 2 rings (SSSR count). The highest BCUT2D eigenvalue weighted by atomic mass is 32.1. The highest BCUT2D eigenvalue weighted by Crippen LogP contribution is 2.30. The third-order valence-electron chi connectivity index (χ3n) is 3.54. The van der Waals surface area contributed by atoms with E-state index in [1.807, 2.05) is 25.1 Å². The molecule has 0 unspecified atom stereocenters. The van der Waals surface area contributed by atoms with Gasteiger partial charge in [-0.05, 0) is 31.3 Å². The Hall–Kier alpha value is -1.57. The molecule has 0 spiro atoms. The van der Waals surface area contributed by atoms with Crippen molar-refractivity contribution in [2.24, 2.45) is 0 Å². The van der Waals surface area contributed by atoms with Crippen LogP contribution in [0.3, 0.4) is 0 Å². The molecule has 1 heterocycles. The number of ether oxygens (including phenoxy) is 3. The van der Waals surface area contributed by atoms with Gasteiger partial charge < -0.3 is 24.8 Å². The monoisotopic (exact) mass is 339 g/mol. The minimum atomic E-state index is 0.601. The second kappa shape index (κ2) is 9.54. The molecule has 0 bridgehead atoms. The second-order valence-corrected chi connectivity index (χ2v) is 5.54. The van der Waals surface area contributed by atoms with Crippen molar-refractivity contribution in [1.82, 2.24) is 10.2 Å². The Morgan fingerprint density at radius 3 is 2.78 bits per heavy atom. The summed E-state index contributed by atoms with van der Waals surface area (Å²) in [7, 11) is 1.63. The third-order valence-corrected chi connectivity index (χ3v) is 3.79. The summed E-state index contributed by atoms with van der Waals surface area (Å²) in [6.07, 6.45) is 0. The van der Waals surface area contributed by atoms with Crippen molar-refractivity contribution >= 4 is 23.0 Å². The Balaban J connectivity index is 1.77. The highest BCUT2D eigenvalue weighted by molar-refractivity contribution is 7.80. The fraction of sp³-hybridized carbons (Fsp3) is 0.562. The van der Waals surface area contributed by atoms with E-state index in [0.29, 0.717) is 17.5 Å². The molecule has 1 aromatic carbocycles. The Labute approximate surface area is 143 Å². The number of methoxy groups -OCH3 is 1. The molecule has 1 aliphatic rings. The maximum Gasteiger partial charge on any atom is 0.170 e. The van der Waals surface area contributed by atoms with Gasteiger partial charge in [0.1, 0.15) is 0 Å². The van der Waals surface area contributed by atoms with E-state index in [0.717, 1.165) is 50.8 Å². The molecule has 0 saturated carbocycles. The molecule has 0 aliphatic carbocycles. The average Bonchev–Trinajstić information content (AvgIpc) is 2.57. The summed E-state index contributed by atoms with van der Waals surface area (Å²) < 4.78 is 16.2. The topological polar surface area (TPSA) is 55.0 Å². The highest BCUT2D eigenvalue weighted by Gasteiger charge is 2.10. The van der Waals surface area contributed by atoms with Crippen LogP contribution in [0.4, 0.5) is 5.69 Å². The molecule has 1 fully saturated rings. The SMILES string of the molecule is CCOc1ccc(NC(=S)NCCN2CCOCC2)cc1OC. The van der Waals surface area contributed by atoms with Gasteiger partial charge in [-0.3, -0.25) is 4.90 Å². The number of hydrogen-bond donors (Lipinski definition) is 2. The molecule has 23 heavy (non-hydrogen) atoms. The van der Waals surface area contributed by atoms with Gasteiger partial charge >= 0.3 is 0 Å². The number of thiocarbonyl (C=S) groups is 1. The third kappa shape index (κ3) is 5.85. The Morgan fingerprint density at radius 2 is 2.09 bits per heavy atom. The minimum absolute atomic E-state index is 0.601. The Kier molecular flexibility index (Phi) is 7.38. The zero-order valence-electron chi connectivity index (χ0n) is 13.8. The van der Waals surface area contributed by atoms with Gasteiger partial charge in [0.25, 0.3) is 0 Å². The quantitative estimate of drug-likeness (QED) is 0.734. The summed E-state index contributed by atoms with van der Waals surface area (Å²) >= 11 is 5.33. The van der Waals surface area contributed by atoms with E-state index in [1.165, 1.54) is 0 Å². The molecule has 0 radical (unpaired) electrons. The van der Waals surface area contributed by atoms with Gasteiger partial charge in [0.15, 0.2) is 16.6 Å². The number of morpholine rings is 1. The van der Waals surface area contributed by atoms with Crippen LogP contribution in [0.2, 0.25) is 0 Å². The number of nitrogens with zero attached hydrogens (tertiary/aromatic N) is 1. The van der Waals surface area contributed by atoms with Gasteiger partial charge in [0.2, 0.25) is 0 Å². The van der Waals surface area contributed by atoms with Crippen molar-refractivity contribution in [3.63, 3.8) is 0 Å². The van der Waals surface area contributed by atoms with E-state index in [2.05, 4.69) is 15.5 Å². The van der Waals surface area contributed by atoms with E-state index >= 15 is 0 Å². The van der Waals surface area contributed by atoms with E-state index < -0.39 is 0 Å². The fourth-order valence-electron chi connectivity index (χ4n) is 2.35. The zero-order valence-corrected chi connectivity index (χ0v) is 14.6. The van der Waals surface area contributed by atoms with Crippen molar-refractivity contribution in [3.8, 4) is 11.5 Å². The van der Waals surface area contributed by atoms with E-state index in [-0.39, 0.29) is 0 Å². The van der Waals surface area contributed by atoms with Crippen LogP contribution in [0.15, 0.2) is 18.2 Å². The molecule has 0 atom stereocenters. The molecule has 1 aliphatic heterocycles. The predicted octanol–water partition coefficient (Wildman–Crippen LogP) is 1.71. The van der Waals surface area contributed by atoms with Gasteiger partial charge in [-0.15, -0.1) is 0 Å². The van der Waals surface area contributed by atoms with Gasteiger partial charge in [-0.1, -0.05) is 0 Å². The zero-order chi connectivity index (χ0) is 16.5. The summed E-state index contributed by atoms with van der Waals surface area (Å²) in [6, 6.07) is 5.67. The van der Waals surface area contributed by atoms with E-state index in [4.69, 9.17) is 26.4 Å². The molecule has 2 N–H and O–H groups in total. The lowest BCUT2D eigenvalue weighted by molar-refractivity contribution is 0.0389. The van der Waals surface area contributed by atoms with Crippen LogP contribution < -0.4 is 20.1 Å². The summed E-state index contributed by atoms with van der Waals surface area (Å²) in [5, 5.41) is 6.99. The summed E-state index contributed by atoms with van der Waals surface area (Å²) in [5.74, 6) is 1.42. The van der Waals surface area contributed by atoms with Gasteiger partial charge in [-0.2, -0.15) is 0 Å².